The van der Waals surface area contributed by atoms with Crippen molar-refractivity contribution in [2.45, 2.75) is 32.9 Å². The molecule has 0 saturated carbocycles. The average molecular weight is 237 g/mol. The molecule has 2 aromatic heterocycles. The summed E-state index contributed by atoms with van der Waals surface area (Å²) in [5, 5.41) is 13.3. The first-order chi connectivity index (χ1) is 7.74. The van der Waals surface area contributed by atoms with Crippen molar-refractivity contribution in [2.75, 3.05) is 0 Å². The fourth-order valence-electron chi connectivity index (χ4n) is 1.28. The topological polar surface area (TPSA) is 51.0 Å². The van der Waals surface area contributed by atoms with Crippen molar-refractivity contribution in [3.63, 3.8) is 0 Å². The van der Waals surface area contributed by atoms with Crippen molar-refractivity contribution in [1.82, 2.24) is 15.5 Å². The summed E-state index contributed by atoms with van der Waals surface area (Å²) in [5.41, 5.74) is 0. The van der Waals surface area contributed by atoms with E-state index in [1.807, 2.05) is 11.4 Å². The summed E-state index contributed by atoms with van der Waals surface area (Å²) in [6, 6.07) is 4.52. The Morgan fingerprint density at radius 2 is 2.19 bits per heavy atom. The monoisotopic (exact) mass is 237 g/mol. The molecule has 2 aromatic rings. The molecule has 0 aliphatic carbocycles. The quantitative estimate of drug-likeness (QED) is 0.866. The second kappa shape index (κ2) is 5.23. The lowest BCUT2D eigenvalue weighted by atomic mass is 10.3. The van der Waals surface area contributed by atoms with Crippen molar-refractivity contribution in [1.29, 1.82) is 0 Å². The van der Waals surface area contributed by atoms with E-state index in [1.165, 1.54) is 4.88 Å². The Kier molecular flexibility index (Phi) is 3.69. The molecule has 0 amide bonds. The van der Waals surface area contributed by atoms with Crippen molar-refractivity contribution < 1.29 is 4.42 Å². The second-order valence-corrected chi connectivity index (χ2v) is 4.91. The number of nitrogens with one attached hydrogen (secondary N) is 1. The van der Waals surface area contributed by atoms with Crippen LogP contribution in [0.2, 0.25) is 0 Å². The summed E-state index contributed by atoms with van der Waals surface area (Å²) in [4.78, 5) is 1.24. The smallest absolute Gasteiger partial charge is 0.230 e. The first-order valence-corrected chi connectivity index (χ1v) is 6.19. The van der Waals surface area contributed by atoms with Gasteiger partial charge in [0.2, 0.25) is 11.8 Å². The number of thiophene rings is 1. The maximum atomic E-state index is 5.53. The zero-order valence-corrected chi connectivity index (χ0v) is 10.3. The molecule has 0 atom stereocenters. The van der Waals surface area contributed by atoms with Gasteiger partial charge in [0.25, 0.3) is 0 Å². The van der Waals surface area contributed by atoms with E-state index in [9.17, 15) is 0 Å². The molecule has 16 heavy (non-hydrogen) atoms. The van der Waals surface area contributed by atoms with Crippen LogP contribution in [0.25, 0.3) is 0 Å². The van der Waals surface area contributed by atoms with E-state index >= 15 is 0 Å². The van der Waals surface area contributed by atoms with E-state index in [2.05, 4.69) is 35.4 Å². The van der Waals surface area contributed by atoms with Crippen molar-refractivity contribution in [3.05, 3.63) is 34.2 Å². The Bertz CT molecular complexity index is 422. The van der Waals surface area contributed by atoms with Crippen LogP contribution in [0.15, 0.2) is 21.9 Å². The zero-order chi connectivity index (χ0) is 11.4. The molecular formula is C11H15N3OS. The maximum Gasteiger partial charge on any atom is 0.230 e. The third kappa shape index (κ3) is 3.15. The maximum absolute atomic E-state index is 5.53. The van der Waals surface area contributed by atoms with Gasteiger partial charge < -0.3 is 9.73 Å². The van der Waals surface area contributed by atoms with Crippen LogP contribution in [0.5, 0.6) is 0 Å². The standard InChI is InChI=1S/C11H15N3OS/c1-8(2)12-7-11-14-13-10(15-11)6-9-4-3-5-16-9/h3-5,8,12H,6-7H2,1-2H3. The van der Waals surface area contributed by atoms with E-state index in [0.717, 1.165) is 6.42 Å². The van der Waals surface area contributed by atoms with Crippen molar-refractivity contribution >= 4 is 11.3 Å². The van der Waals surface area contributed by atoms with Crippen LogP contribution >= 0.6 is 11.3 Å². The van der Waals surface area contributed by atoms with Gasteiger partial charge in [0, 0.05) is 10.9 Å². The summed E-state index contributed by atoms with van der Waals surface area (Å²) in [5.74, 6) is 1.34. The minimum Gasteiger partial charge on any atom is -0.423 e. The lowest BCUT2D eigenvalue weighted by molar-refractivity contribution is 0.427. The predicted molar refractivity (Wildman–Crippen MR) is 63.4 cm³/mol. The Morgan fingerprint density at radius 3 is 2.88 bits per heavy atom. The predicted octanol–water partition coefficient (Wildman–Crippen LogP) is 2.22. The molecule has 0 saturated heterocycles. The third-order valence-electron chi connectivity index (χ3n) is 2.08. The van der Waals surface area contributed by atoms with Crippen LogP contribution in [0.3, 0.4) is 0 Å². The Balaban J connectivity index is 1.92. The molecule has 2 rings (SSSR count). The largest absolute Gasteiger partial charge is 0.423 e. The lowest BCUT2D eigenvalue weighted by Crippen LogP contribution is -2.21. The Hall–Kier alpha value is -1.20. The van der Waals surface area contributed by atoms with E-state index < -0.39 is 0 Å². The molecule has 0 spiro atoms. The van der Waals surface area contributed by atoms with Gasteiger partial charge in [-0.1, -0.05) is 19.9 Å². The molecule has 2 heterocycles. The van der Waals surface area contributed by atoms with Crippen LogP contribution < -0.4 is 5.32 Å². The molecule has 86 valence electrons. The lowest BCUT2D eigenvalue weighted by Gasteiger charge is -2.03. The molecule has 0 bridgehead atoms. The van der Waals surface area contributed by atoms with Gasteiger partial charge in [-0.25, -0.2) is 0 Å². The normalized spacial score (nSPS) is 11.2. The summed E-state index contributed by atoms with van der Waals surface area (Å²) in [6.07, 6.45) is 0.729. The van der Waals surface area contributed by atoms with E-state index in [1.54, 1.807) is 11.3 Å². The Labute approximate surface area is 98.7 Å². The molecule has 5 heteroatoms. The molecule has 0 aromatic carbocycles. The molecule has 0 radical (unpaired) electrons. The summed E-state index contributed by atoms with van der Waals surface area (Å²) < 4.78 is 5.53. The van der Waals surface area contributed by atoms with Gasteiger partial charge in [-0.3, -0.25) is 0 Å². The summed E-state index contributed by atoms with van der Waals surface area (Å²) in [6.45, 7) is 4.81. The first kappa shape index (κ1) is 11.3. The number of hydrogen-bond acceptors (Lipinski definition) is 5. The van der Waals surface area contributed by atoms with Crippen LogP contribution in [0.4, 0.5) is 0 Å². The van der Waals surface area contributed by atoms with E-state index in [0.29, 0.717) is 24.4 Å². The highest BCUT2D eigenvalue weighted by Gasteiger charge is 2.07. The minimum atomic E-state index is 0.424. The van der Waals surface area contributed by atoms with E-state index in [4.69, 9.17) is 4.42 Å². The van der Waals surface area contributed by atoms with Crippen LogP contribution in [-0.4, -0.2) is 16.2 Å². The molecule has 4 nitrogen and oxygen atoms in total. The van der Waals surface area contributed by atoms with Gasteiger partial charge in [-0.2, -0.15) is 0 Å². The first-order valence-electron chi connectivity index (χ1n) is 5.31. The number of nitrogens with zero attached hydrogens (tertiary/aromatic N) is 2. The highest BCUT2D eigenvalue weighted by atomic mass is 32.1. The average Bonchev–Trinajstić information content (AvgIpc) is 2.87. The number of rotatable bonds is 5. The summed E-state index contributed by atoms with van der Waals surface area (Å²) in [7, 11) is 0. The fraction of sp³-hybridized carbons (Fsp3) is 0.455. The van der Waals surface area contributed by atoms with Gasteiger partial charge in [0.1, 0.15) is 0 Å². The highest BCUT2D eigenvalue weighted by molar-refractivity contribution is 7.09. The highest BCUT2D eigenvalue weighted by Crippen LogP contribution is 2.13. The molecular weight excluding hydrogens is 222 g/mol. The van der Waals surface area contributed by atoms with Gasteiger partial charge in [-0.15, -0.1) is 21.5 Å². The van der Waals surface area contributed by atoms with Crippen LogP contribution in [0, 0.1) is 0 Å². The third-order valence-corrected chi connectivity index (χ3v) is 2.95. The van der Waals surface area contributed by atoms with Gasteiger partial charge in [0.05, 0.1) is 13.0 Å². The molecule has 0 aliphatic rings. The van der Waals surface area contributed by atoms with Gasteiger partial charge in [-0.05, 0) is 11.4 Å². The summed E-state index contributed by atoms with van der Waals surface area (Å²) >= 11 is 1.70. The molecule has 1 N–H and O–H groups in total. The molecule has 0 aliphatic heterocycles. The SMILES string of the molecule is CC(C)NCc1nnc(Cc2cccs2)o1. The zero-order valence-electron chi connectivity index (χ0n) is 9.43. The van der Waals surface area contributed by atoms with Crippen LogP contribution in [0.1, 0.15) is 30.5 Å². The Morgan fingerprint density at radius 1 is 1.38 bits per heavy atom. The fourth-order valence-corrected chi connectivity index (χ4v) is 1.98. The van der Waals surface area contributed by atoms with Gasteiger partial charge in [0.15, 0.2) is 0 Å². The van der Waals surface area contributed by atoms with E-state index in [-0.39, 0.29) is 0 Å². The number of hydrogen-bond donors (Lipinski definition) is 1. The van der Waals surface area contributed by atoms with Crippen molar-refractivity contribution in [3.8, 4) is 0 Å². The van der Waals surface area contributed by atoms with Gasteiger partial charge >= 0.3 is 0 Å². The molecule has 0 fully saturated rings. The minimum absolute atomic E-state index is 0.424. The second-order valence-electron chi connectivity index (χ2n) is 3.88. The molecule has 0 unspecified atom stereocenters. The van der Waals surface area contributed by atoms with Crippen molar-refractivity contribution in [2.24, 2.45) is 0 Å². The van der Waals surface area contributed by atoms with Crippen LogP contribution in [-0.2, 0) is 13.0 Å². The number of aromatic nitrogens is 2.